The lowest BCUT2D eigenvalue weighted by atomic mass is 10.2. The van der Waals surface area contributed by atoms with Gasteiger partial charge in [0, 0.05) is 24.8 Å². The predicted octanol–water partition coefficient (Wildman–Crippen LogP) is 1.22. The molecule has 5 heteroatoms. The Bertz CT molecular complexity index is 379. The van der Waals surface area contributed by atoms with E-state index in [4.69, 9.17) is 17.0 Å². The molecular formula is C11H15N3OS. The largest absolute Gasteiger partial charge is 0.481 e. The Kier molecular flexibility index (Phi) is 3.56. The molecule has 0 bridgehead atoms. The van der Waals surface area contributed by atoms with Gasteiger partial charge in [-0.15, -0.1) is 0 Å². The molecule has 86 valence electrons. The summed E-state index contributed by atoms with van der Waals surface area (Å²) < 4.78 is 5.05. The fraction of sp³-hybridized carbons (Fsp3) is 0.455. The number of thiocarbonyl (C=S) groups is 1. The van der Waals surface area contributed by atoms with Crippen molar-refractivity contribution < 1.29 is 4.74 Å². The molecule has 1 aromatic rings. The third-order valence-corrected chi connectivity index (χ3v) is 2.64. The molecule has 0 atom stereocenters. The van der Waals surface area contributed by atoms with Gasteiger partial charge < -0.3 is 15.4 Å². The van der Waals surface area contributed by atoms with Gasteiger partial charge in [0.1, 0.15) is 0 Å². The van der Waals surface area contributed by atoms with Crippen LogP contribution in [0, 0.1) is 0 Å². The van der Waals surface area contributed by atoms with E-state index in [0.29, 0.717) is 18.5 Å². The topological polar surface area (TPSA) is 46.2 Å². The number of nitrogens with zero attached hydrogens (tertiary/aromatic N) is 1. The van der Waals surface area contributed by atoms with E-state index in [1.54, 1.807) is 13.3 Å². The van der Waals surface area contributed by atoms with E-state index in [0.717, 1.165) is 10.7 Å². The van der Waals surface area contributed by atoms with Crippen LogP contribution in [-0.4, -0.2) is 23.2 Å². The van der Waals surface area contributed by atoms with Gasteiger partial charge in [0.2, 0.25) is 5.88 Å². The summed E-state index contributed by atoms with van der Waals surface area (Å²) in [7, 11) is 1.61. The van der Waals surface area contributed by atoms with Gasteiger partial charge >= 0.3 is 0 Å². The molecule has 2 rings (SSSR count). The van der Waals surface area contributed by atoms with Crippen LogP contribution in [0.4, 0.5) is 0 Å². The molecule has 16 heavy (non-hydrogen) atoms. The number of rotatable bonds is 4. The Morgan fingerprint density at radius 3 is 3.12 bits per heavy atom. The molecule has 0 unspecified atom stereocenters. The number of methoxy groups -OCH3 is 1. The zero-order chi connectivity index (χ0) is 11.4. The average Bonchev–Trinajstić information content (AvgIpc) is 3.10. The number of hydrogen-bond donors (Lipinski definition) is 2. The molecule has 1 saturated carbocycles. The van der Waals surface area contributed by atoms with Crippen molar-refractivity contribution in [3.05, 3.63) is 23.9 Å². The van der Waals surface area contributed by atoms with Crippen LogP contribution in [0.25, 0.3) is 0 Å². The molecule has 1 fully saturated rings. The summed E-state index contributed by atoms with van der Waals surface area (Å²) in [6.45, 7) is 0.692. The second kappa shape index (κ2) is 5.12. The molecule has 1 aliphatic carbocycles. The van der Waals surface area contributed by atoms with Crippen molar-refractivity contribution in [3.63, 3.8) is 0 Å². The van der Waals surface area contributed by atoms with Crippen LogP contribution in [0.15, 0.2) is 18.3 Å². The first-order valence-corrected chi connectivity index (χ1v) is 5.72. The van der Waals surface area contributed by atoms with Gasteiger partial charge in [0.15, 0.2) is 5.11 Å². The Balaban J connectivity index is 1.80. The maximum atomic E-state index is 5.16. The van der Waals surface area contributed by atoms with E-state index in [9.17, 15) is 0 Å². The zero-order valence-electron chi connectivity index (χ0n) is 9.19. The highest BCUT2D eigenvalue weighted by Gasteiger charge is 2.21. The van der Waals surface area contributed by atoms with Crippen LogP contribution in [0.1, 0.15) is 18.4 Å². The molecule has 0 spiro atoms. The second-order valence-electron chi connectivity index (χ2n) is 3.81. The number of nitrogens with one attached hydrogen (secondary N) is 2. The maximum absolute atomic E-state index is 5.16. The van der Waals surface area contributed by atoms with Gasteiger partial charge in [0.05, 0.1) is 7.11 Å². The fourth-order valence-corrected chi connectivity index (χ4v) is 1.56. The van der Waals surface area contributed by atoms with E-state index in [2.05, 4.69) is 15.6 Å². The van der Waals surface area contributed by atoms with E-state index in [1.807, 2.05) is 12.1 Å². The lowest BCUT2D eigenvalue weighted by Crippen LogP contribution is -2.36. The molecule has 2 N–H and O–H groups in total. The van der Waals surface area contributed by atoms with Crippen molar-refractivity contribution in [2.75, 3.05) is 7.11 Å². The van der Waals surface area contributed by atoms with Crippen LogP contribution in [0.2, 0.25) is 0 Å². The minimum Gasteiger partial charge on any atom is -0.481 e. The summed E-state index contributed by atoms with van der Waals surface area (Å²) in [5.41, 5.74) is 1.10. The van der Waals surface area contributed by atoms with Crippen molar-refractivity contribution >= 4 is 17.3 Å². The molecule has 0 amide bonds. The Morgan fingerprint density at radius 1 is 1.62 bits per heavy atom. The number of ether oxygens (including phenoxy) is 1. The third kappa shape index (κ3) is 3.34. The summed E-state index contributed by atoms with van der Waals surface area (Å²) >= 11 is 5.16. The van der Waals surface area contributed by atoms with Crippen LogP contribution >= 0.6 is 12.2 Å². The summed E-state index contributed by atoms with van der Waals surface area (Å²) in [4.78, 5) is 4.04. The van der Waals surface area contributed by atoms with Gasteiger partial charge in [-0.1, -0.05) is 0 Å². The molecule has 1 aromatic heterocycles. The normalized spacial score (nSPS) is 14.3. The molecule has 0 radical (unpaired) electrons. The van der Waals surface area contributed by atoms with Gasteiger partial charge in [-0.2, -0.15) is 0 Å². The number of aromatic nitrogens is 1. The summed E-state index contributed by atoms with van der Waals surface area (Å²) in [5.74, 6) is 0.625. The quantitative estimate of drug-likeness (QED) is 0.771. The molecule has 1 heterocycles. The van der Waals surface area contributed by atoms with Crippen molar-refractivity contribution in [2.45, 2.75) is 25.4 Å². The van der Waals surface area contributed by atoms with Gasteiger partial charge in [-0.3, -0.25) is 0 Å². The zero-order valence-corrected chi connectivity index (χ0v) is 10.0. The SMILES string of the molecule is COc1cc(CNC(=S)NC2CC2)ccn1. The van der Waals surface area contributed by atoms with E-state index >= 15 is 0 Å². The molecule has 0 saturated heterocycles. The molecule has 0 aliphatic heterocycles. The summed E-state index contributed by atoms with van der Waals surface area (Å²) in [6.07, 6.45) is 4.18. The number of pyridine rings is 1. The average molecular weight is 237 g/mol. The highest BCUT2D eigenvalue weighted by molar-refractivity contribution is 7.80. The summed E-state index contributed by atoms with van der Waals surface area (Å²) in [5, 5.41) is 7.11. The van der Waals surface area contributed by atoms with Gasteiger partial charge in [-0.25, -0.2) is 4.98 Å². The van der Waals surface area contributed by atoms with E-state index < -0.39 is 0 Å². The number of hydrogen-bond acceptors (Lipinski definition) is 3. The molecular weight excluding hydrogens is 222 g/mol. The van der Waals surface area contributed by atoms with Crippen LogP contribution in [-0.2, 0) is 6.54 Å². The Morgan fingerprint density at radius 2 is 2.44 bits per heavy atom. The molecule has 1 aliphatic rings. The van der Waals surface area contributed by atoms with Crippen LogP contribution < -0.4 is 15.4 Å². The fourth-order valence-electron chi connectivity index (χ4n) is 1.32. The lowest BCUT2D eigenvalue weighted by Gasteiger charge is -2.09. The predicted molar refractivity (Wildman–Crippen MR) is 66.4 cm³/mol. The van der Waals surface area contributed by atoms with Crippen molar-refractivity contribution in [3.8, 4) is 5.88 Å². The standard InChI is InChI=1S/C11H15N3OS/c1-15-10-6-8(4-5-12-10)7-13-11(16)14-9-2-3-9/h4-6,9H,2-3,7H2,1H3,(H2,13,14,16). The van der Waals surface area contributed by atoms with Crippen LogP contribution in [0.3, 0.4) is 0 Å². The van der Waals surface area contributed by atoms with Crippen molar-refractivity contribution in [1.82, 2.24) is 15.6 Å². The monoisotopic (exact) mass is 237 g/mol. The Hall–Kier alpha value is -1.36. The third-order valence-electron chi connectivity index (χ3n) is 2.37. The molecule has 0 aromatic carbocycles. The van der Waals surface area contributed by atoms with Gasteiger partial charge in [-0.05, 0) is 36.7 Å². The van der Waals surface area contributed by atoms with E-state index in [1.165, 1.54) is 12.8 Å². The first kappa shape index (κ1) is 11.1. The van der Waals surface area contributed by atoms with Crippen molar-refractivity contribution in [2.24, 2.45) is 0 Å². The Labute approximate surface area is 100 Å². The minimum atomic E-state index is 0.590. The van der Waals surface area contributed by atoms with Crippen molar-refractivity contribution in [1.29, 1.82) is 0 Å². The first-order valence-electron chi connectivity index (χ1n) is 5.31. The van der Waals surface area contributed by atoms with E-state index in [-0.39, 0.29) is 0 Å². The highest BCUT2D eigenvalue weighted by atomic mass is 32.1. The second-order valence-corrected chi connectivity index (χ2v) is 4.22. The minimum absolute atomic E-state index is 0.590. The molecule has 4 nitrogen and oxygen atoms in total. The maximum Gasteiger partial charge on any atom is 0.213 e. The summed E-state index contributed by atoms with van der Waals surface area (Å²) in [6, 6.07) is 4.43. The van der Waals surface area contributed by atoms with Crippen LogP contribution in [0.5, 0.6) is 5.88 Å². The highest BCUT2D eigenvalue weighted by Crippen LogP contribution is 2.18. The first-order chi connectivity index (χ1) is 7.78. The smallest absolute Gasteiger partial charge is 0.213 e. The van der Waals surface area contributed by atoms with Gasteiger partial charge in [0.25, 0.3) is 0 Å². The lowest BCUT2D eigenvalue weighted by molar-refractivity contribution is 0.397.